The van der Waals surface area contributed by atoms with Crippen LogP contribution >= 0.6 is 11.3 Å². The average Bonchev–Trinajstić information content (AvgIpc) is 3.50. The van der Waals surface area contributed by atoms with E-state index in [2.05, 4.69) is 17.4 Å². The number of nitrogens with zero attached hydrogens (tertiary/aromatic N) is 2. The molecule has 182 valence electrons. The standard InChI is InChI=1S/C26H31FN2O4S/c1-2-12-32-17-21(30)15-28(14-19-3-4-19)16-26(31)29-11-9-25-23(10-13-34-25)24(29)18-33-22-7-5-20(27)6-8-22/h1,5-8,10,13,19,21,24,30H,3-4,9,11-12,14-18H2. The summed E-state index contributed by atoms with van der Waals surface area (Å²) in [6.07, 6.45) is 7.63. The van der Waals surface area contributed by atoms with E-state index in [1.807, 2.05) is 9.80 Å². The van der Waals surface area contributed by atoms with Crippen molar-refractivity contribution in [1.82, 2.24) is 9.80 Å². The minimum Gasteiger partial charge on any atom is -0.491 e. The van der Waals surface area contributed by atoms with E-state index in [0.717, 1.165) is 31.4 Å². The number of halogens is 1. The van der Waals surface area contributed by atoms with Gasteiger partial charge in [0.05, 0.1) is 25.3 Å². The Hall–Kier alpha value is -2.44. The first-order chi connectivity index (χ1) is 16.5. The zero-order valence-electron chi connectivity index (χ0n) is 19.2. The summed E-state index contributed by atoms with van der Waals surface area (Å²) in [6.45, 7) is 2.60. The Kier molecular flexibility index (Phi) is 8.57. The van der Waals surface area contributed by atoms with E-state index in [4.69, 9.17) is 15.9 Å². The van der Waals surface area contributed by atoms with Crippen LogP contribution in [0.15, 0.2) is 35.7 Å². The molecule has 8 heteroatoms. The second kappa shape index (κ2) is 11.8. The minimum absolute atomic E-state index is 0.0157. The zero-order valence-corrected chi connectivity index (χ0v) is 20.0. The summed E-state index contributed by atoms with van der Waals surface area (Å²) in [4.78, 5) is 18.7. The first-order valence-corrected chi connectivity index (χ1v) is 12.6. The van der Waals surface area contributed by atoms with Gasteiger partial charge in [0, 0.05) is 24.5 Å². The van der Waals surface area contributed by atoms with Crippen LogP contribution < -0.4 is 4.74 Å². The van der Waals surface area contributed by atoms with Gasteiger partial charge in [-0.1, -0.05) is 5.92 Å². The highest BCUT2D eigenvalue weighted by atomic mass is 32.1. The lowest BCUT2D eigenvalue weighted by Crippen LogP contribution is -2.48. The van der Waals surface area contributed by atoms with Gasteiger partial charge in [-0.15, -0.1) is 17.8 Å². The van der Waals surface area contributed by atoms with Crippen LogP contribution in [0.2, 0.25) is 0 Å². The van der Waals surface area contributed by atoms with Crippen LogP contribution in [0.4, 0.5) is 4.39 Å². The summed E-state index contributed by atoms with van der Waals surface area (Å²) >= 11 is 1.70. The number of thiophene rings is 1. The monoisotopic (exact) mass is 486 g/mol. The van der Waals surface area contributed by atoms with Crippen molar-refractivity contribution in [2.24, 2.45) is 5.92 Å². The largest absolute Gasteiger partial charge is 0.491 e. The maximum Gasteiger partial charge on any atom is 0.237 e. The van der Waals surface area contributed by atoms with Crippen molar-refractivity contribution in [2.45, 2.75) is 31.4 Å². The number of benzene rings is 1. The summed E-state index contributed by atoms with van der Waals surface area (Å²) in [5.41, 5.74) is 1.11. The molecule has 6 nitrogen and oxygen atoms in total. The number of aliphatic hydroxyl groups excluding tert-OH is 1. The number of hydrogen-bond acceptors (Lipinski definition) is 6. The first-order valence-electron chi connectivity index (χ1n) is 11.7. The van der Waals surface area contributed by atoms with Gasteiger partial charge in [-0.3, -0.25) is 9.69 Å². The number of fused-ring (bicyclic) bond motifs is 1. The fourth-order valence-corrected chi connectivity index (χ4v) is 5.26. The van der Waals surface area contributed by atoms with Crippen LogP contribution in [0.3, 0.4) is 0 Å². The van der Waals surface area contributed by atoms with E-state index in [0.29, 0.717) is 31.4 Å². The Morgan fingerprint density at radius 2 is 2.12 bits per heavy atom. The first kappa shape index (κ1) is 24.7. The Morgan fingerprint density at radius 3 is 2.85 bits per heavy atom. The van der Waals surface area contributed by atoms with Crippen LogP contribution in [0.5, 0.6) is 5.75 Å². The van der Waals surface area contributed by atoms with Gasteiger partial charge in [-0.05, 0) is 66.5 Å². The van der Waals surface area contributed by atoms with Crippen molar-refractivity contribution in [2.75, 3.05) is 46.0 Å². The summed E-state index contributed by atoms with van der Waals surface area (Å²) in [5, 5.41) is 12.4. The van der Waals surface area contributed by atoms with Crippen molar-refractivity contribution in [3.8, 4) is 18.1 Å². The molecule has 34 heavy (non-hydrogen) atoms. The van der Waals surface area contributed by atoms with Gasteiger partial charge in [0.2, 0.25) is 5.91 Å². The minimum atomic E-state index is -0.706. The van der Waals surface area contributed by atoms with E-state index < -0.39 is 6.10 Å². The van der Waals surface area contributed by atoms with E-state index >= 15 is 0 Å². The van der Waals surface area contributed by atoms with Crippen molar-refractivity contribution in [1.29, 1.82) is 0 Å². The summed E-state index contributed by atoms with van der Waals surface area (Å²) in [6, 6.07) is 7.78. The fraction of sp³-hybridized carbons (Fsp3) is 0.500. The number of aliphatic hydroxyl groups is 1. The highest BCUT2D eigenvalue weighted by Gasteiger charge is 2.34. The van der Waals surface area contributed by atoms with Crippen LogP contribution in [-0.2, 0) is 16.0 Å². The molecular weight excluding hydrogens is 455 g/mol. The van der Waals surface area contributed by atoms with Gasteiger partial charge in [0.1, 0.15) is 24.8 Å². The molecular formula is C26H31FN2O4S. The van der Waals surface area contributed by atoms with Gasteiger partial charge >= 0.3 is 0 Å². The fourth-order valence-electron chi connectivity index (χ4n) is 4.34. The van der Waals surface area contributed by atoms with Gasteiger partial charge in [0.25, 0.3) is 0 Å². The molecule has 1 amide bonds. The summed E-state index contributed by atoms with van der Waals surface area (Å²) in [5.74, 6) is 3.24. The summed E-state index contributed by atoms with van der Waals surface area (Å²) in [7, 11) is 0. The van der Waals surface area contributed by atoms with Gasteiger partial charge in [-0.2, -0.15) is 0 Å². The lowest BCUT2D eigenvalue weighted by Gasteiger charge is -2.37. The molecule has 1 aromatic carbocycles. The van der Waals surface area contributed by atoms with Crippen LogP contribution in [-0.4, -0.2) is 72.9 Å². The van der Waals surface area contributed by atoms with Gasteiger partial charge in [0.15, 0.2) is 0 Å². The molecule has 0 radical (unpaired) electrons. The molecule has 2 aromatic rings. The van der Waals surface area contributed by atoms with Crippen molar-refractivity contribution < 1.29 is 23.8 Å². The molecule has 2 unspecified atom stereocenters. The summed E-state index contributed by atoms with van der Waals surface area (Å²) < 4.78 is 24.5. The number of hydrogen-bond donors (Lipinski definition) is 1. The Labute approximate surface area is 204 Å². The molecule has 2 aliphatic rings. The average molecular weight is 487 g/mol. The van der Waals surface area contributed by atoms with Crippen LogP contribution in [0.25, 0.3) is 0 Å². The smallest absolute Gasteiger partial charge is 0.237 e. The number of carbonyl (C=O) groups excluding carboxylic acids is 1. The zero-order chi connectivity index (χ0) is 23.9. The number of carbonyl (C=O) groups is 1. The number of amides is 1. The maximum atomic E-state index is 13.5. The lowest BCUT2D eigenvalue weighted by molar-refractivity contribution is -0.136. The van der Waals surface area contributed by atoms with Crippen LogP contribution in [0.1, 0.15) is 29.3 Å². The molecule has 2 heterocycles. The molecule has 4 rings (SSSR count). The molecule has 0 saturated heterocycles. The van der Waals surface area contributed by atoms with Crippen LogP contribution in [0, 0.1) is 24.1 Å². The molecule has 0 bridgehead atoms. The normalized spacial score (nSPS) is 18.4. The Bertz CT molecular complexity index is 985. The van der Waals surface area contributed by atoms with E-state index in [1.165, 1.54) is 17.0 Å². The second-order valence-corrected chi connectivity index (χ2v) is 9.93. The molecule has 1 aliphatic heterocycles. The van der Waals surface area contributed by atoms with Gasteiger partial charge < -0.3 is 19.5 Å². The third-order valence-corrected chi connectivity index (χ3v) is 7.17. The van der Waals surface area contributed by atoms with Crippen molar-refractivity contribution in [3.05, 3.63) is 52.0 Å². The molecule has 1 aromatic heterocycles. The quantitative estimate of drug-likeness (QED) is 0.369. The molecule has 1 saturated carbocycles. The Balaban J connectivity index is 1.42. The highest BCUT2D eigenvalue weighted by Crippen LogP contribution is 2.34. The predicted octanol–water partition coefficient (Wildman–Crippen LogP) is 3.11. The predicted molar refractivity (Wildman–Crippen MR) is 129 cm³/mol. The highest BCUT2D eigenvalue weighted by molar-refractivity contribution is 7.10. The van der Waals surface area contributed by atoms with E-state index in [-0.39, 0.29) is 37.5 Å². The maximum absolute atomic E-state index is 13.5. The third kappa shape index (κ3) is 6.80. The van der Waals surface area contributed by atoms with Gasteiger partial charge in [-0.25, -0.2) is 4.39 Å². The SMILES string of the molecule is C#CCOCC(O)CN(CC(=O)N1CCc2sccc2C1COc1ccc(F)cc1)CC1CC1. The third-order valence-electron chi connectivity index (χ3n) is 6.17. The molecule has 1 N–H and O–H groups in total. The second-order valence-electron chi connectivity index (χ2n) is 8.93. The van der Waals surface area contributed by atoms with E-state index in [1.54, 1.807) is 23.5 Å². The number of rotatable bonds is 12. The number of ether oxygens (including phenoxy) is 2. The lowest BCUT2D eigenvalue weighted by atomic mass is 10.0. The van der Waals surface area contributed by atoms with Crippen molar-refractivity contribution in [3.63, 3.8) is 0 Å². The molecule has 1 fully saturated rings. The van der Waals surface area contributed by atoms with E-state index in [9.17, 15) is 14.3 Å². The Morgan fingerprint density at radius 1 is 1.32 bits per heavy atom. The molecule has 2 atom stereocenters. The van der Waals surface area contributed by atoms with Crippen molar-refractivity contribution >= 4 is 17.2 Å². The topological polar surface area (TPSA) is 62.2 Å². The molecule has 1 aliphatic carbocycles. The number of terminal acetylenes is 1. The molecule has 0 spiro atoms.